The lowest BCUT2D eigenvalue weighted by molar-refractivity contribution is 0.682. The van der Waals surface area contributed by atoms with E-state index in [2.05, 4.69) is 6.07 Å². The molecule has 2 aromatic rings. The molecule has 0 heterocycles. The van der Waals surface area contributed by atoms with Crippen molar-refractivity contribution in [3.8, 4) is 0 Å². The van der Waals surface area contributed by atoms with E-state index in [0.717, 1.165) is 27.1 Å². The first kappa shape index (κ1) is 14.0. The van der Waals surface area contributed by atoms with Crippen LogP contribution in [0.2, 0.25) is 0 Å². The number of aryl methyl sites for hydroxylation is 2. The van der Waals surface area contributed by atoms with Gasteiger partial charge in [-0.05, 0) is 48.2 Å². The molecule has 19 heavy (non-hydrogen) atoms. The van der Waals surface area contributed by atoms with E-state index in [1.54, 1.807) is 0 Å². The average molecular weight is 273 g/mol. The predicted molar refractivity (Wildman–Crippen MR) is 80.4 cm³/mol. The molecular weight excluding hydrogens is 254 g/mol. The van der Waals surface area contributed by atoms with E-state index in [9.17, 15) is 4.21 Å². The Labute approximate surface area is 117 Å². The summed E-state index contributed by atoms with van der Waals surface area (Å²) in [5, 5.41) is 0. The van der Waals surface area contributed by atoms with Crippen LogP contribution in [0, 0.1) is 13.8 Å². The Morgan fingerprint density at radius 3 is 2.53 bits per heavy atom. The Bertz CT molecular complexity index is 607. The molecule has 0 bridgehead atoms. The van der Waals surface area contributed by atoms with Gasteiger partial charge in [0.05, 0.1) is 16.6 Å². The Balaban J connectivity index is 2.19. The molecule has 0 fully saturated rings. The van der Waals surface area contributed by atoms with Crippen LogP contribution in [0.3, 0.4) is 0 Å². The maximum Gasteiger partial charge on any atom is 0.0574 e. The summed E-state index contributed by atoms with van der Waals surface area (Å²) in [4.78, 5) is 0.891. The fourth-order valence-corrected chi connectivity index (χ4v) is 3.35. The first-order valence-corrected chi connectivity index (χ1v) is 7.65. The minimum absolute atomic E-state index is 0.544. The van der Waals surface area contributed by atoms with Gasteiger partial charge < -0.3 is 5.73 Å². The molecule has 2 N–H and O–H groups in total. The van der Waals surface area contributed by atoms with Gasteiger partial charge in [-0.15, -0.1) is 0 Å². The van der Waals surface area contributed by atoms with Gasteiger partial charge in [-0.2, -0.15) is 0 Å². The van der Waals surface area contributed by atoms with Gasteiger partial charge in [-0.3, -0.25) is 4.21 Å². The Morgan fingerprint density at radius 1 is 1.11 bits per heavy atom. The Morgan fingerprint density at radius 2 is 1.89 bits per heavy atom. The van der Waals surface area contributed by atoms with Crippen molar-refractivity contribution in [2.24, 2.45) is 5.73 Å². The molecule has 0 aromatic heterocycles. The summed E-state index contributed by atoms with van der Waals surface area (Å²) < 4.78 is 12.4. The second kappa shape index (κ2) is 6.13. The highest BCUT2D eigenvalue weighted by atomic mass is 32.2. The lowest BCUT2D eigenvalue weighted by atomic mass is 10.1. The van der Waals surface area contributed by atoms with E-state index >= 15 is 0 Å². The minimum atomic E-state index is -0.995. The van der Waals surface area contributed by atoms with E-state index in [-0.39, 0.29) is 0 Å². The van der Waals surface area contributed by atoms with Crippen LogP contribution in [0.1, 0.15) is 22.3 Å². The molecule has 0 radical (unpaired) electrons. The van der Waals surface area contributed by atoms with Gasteiger partial charge in [0.25, 0.3) is 0 Å². The third kappa shape index (κ3) is 3.52. The molecule has 0 saturated heterocycles. The number of hydrogen-bond donors (Lipinski definition) is 1. The lowest BCUT2D eigenvalue weighted by Crippen LogP contribution is -2.01. The fraction of sp³-hybridized carbons (Fsp3) is 0.250. The molecule has 1 unspecified atom stereocenters. The van der Waals surface area contributed by atoms with Crippen molar-refractivity contribution in [1.82, 2.24) is 0 Å². The standard InChI is InChI=1S/C16H19NOS/c1-12-4-3-5-16(8-12)19(18)11-15-7-6-14(10-17)9-13(15)2/h3-9H,10-11,17H2,1-2H3. The zero-order valence-electron chi connectivity index (χ0n) is 11.3. The SMILES string of the molecule is Cc1cccc(S(=O)Cc2ccc(CN)cc2C)c1. The topological polar surface area (TPSA) is 43.1 Å². The second-order valence-electron chi connectivity index (χ2n) is 4.77. The first-order chi connectivity index (χ1) is 9.10. The Hall–Kier alpha value is -1.45. The number of hydrogen-bond acceptors (Lipinski definition) is 2. The van der Waals surface area contributed by atoms with E-state index in [0.29, 0.717) is 12.3 Å². The summed E-state index contributed by atoms with van der Waals surface area (Å²) in [5.41, 5.74) is 10.1. The molecule has 2 nitrogen and oxygen atoms in total. The third-order valence-corrected chi connectivity index (χ3v) is 4.53. The van der Waals surface area contributed by atoms with Crippen LogP contribution in [0.4, 0.5) is 0 Å². The number of benzene rings is 2. The zero-order valence-corrected chi connectivity index (χ0v) is 12.2. The molecule has 0 saturated carbocycles. The van der Waals surface area contributed by atoms with Crippen molar-refractivity contribution >= 4 is 10.8 Å². The molecule has 0 aliphatic rings. The molecule has 2 aromatic carbocycles. The molecule has 0 amide bonds. The van der Waals surface area contributed by atoms with Crippen molar-refractivity contribution in [3.05, 3.63) is 64.7 Å². The van der Waals surface area contributed by atoms with Crippen molar-refractivity contribution < 1.29 is 4.21 Å². The number of nitrogens with two attached hydrogens (primary N) is 1. The van der Waals surface area contributed by atoms with Gasteiger partial charge in [0.2, 0.25) is 0 Å². The first-order valence-electron chi connectivity index (χ1n) is 6.33. The van der Waals surface area contributed by atoms with Crippen LogP contribution in [-0.4, -0.2) is 4.21 Å². The zero-order chi connectivity index (χ0) is 13.8. The van der Waals surface area contributed by atoms with E-state index in [4.69, 9.17) is 5.73 Å². The largest absolute Gasteiger partial charge is 0.326 e. The lowest BCUT2D eigenvalue weighted by Gasteiger charge is -2.08. The van der Waals surface area contributed by atoms with Crippen LogP contribution in [-0.2, 0) is 23.1 Å². The smallest absolute Gasteiger partial charge is 0.0574 e. The van der Waals surface area contributed by atoms with Crippen molar-refractivity contribution in [3.63, 3.8) is 0 Å². The highest BCUT2D eigenvalue weighted by Crippen LogP contribution is 2.17. The van der Waals surface area contributed by atoms with Gasteiger partial charge in [-0.25, -0.2) is 0 Å². The van der Waals surface area contributed by atoms with E-state index in [1.165, 1.54) is 0 Å². The molecular formula is C16H19NOS. The van der Waals surface area contributed by atoms with Gasteiger partial charge in [0.15, 0.2) is 0 Å². The van der Waals surface area contributed by atoms with Crippen molar-refractivity contribution in [1.29, 1.82) is 0 Å². The fourth-order valence-electron chi connectivity index (χ4n) is 2.03. The summed E-state index contributed by atoms with van der Waals surface area (Å²) in [7, 11) is -0.995. The van der Waals surface area contributed by atoms with Gasteiger partial charge in [0.1, 0.15) is 0 Å². The van der Waals surface area contributed by atoms with Crippen LogP contribution in [0.25, 0.3) is 0 Å². The molecule has 2 rings (SSSR count). The Kier molecular flexibility index (Phi) is 4.51. The van der Waals surface area contributed by atoms with Crippen molar-refractivity contribution in [2.75, 3.05) is 0 Å². The quantitative estimate of drug-likeness (QED) is 0.930. The second-order valence-corrected chi connectivity index (χ2v) is 6.22. The van der Waals surface area contributed by atoms with Gasteiger partial charge in [-0.1, -0.05) is 30.3 Å². The monoisotopic (exact) mass is 273 g/mol. The summed E-state index contributed by atoms with van der Waals surface area (Å²) in [5.74, 6) is 0.556. The third-order valence-electron chi connectivity index (χ3n) is 3.18. The molecule has 0 spiro atoms. The average Bonchev–Trinajstić information content (AvgIpc) is 2.41. The molecule has 100 valence electrons. The van der Waals surface area contributed by atoms with Crippen LogP contribution >= 0.6 is 0 Å². The maximum atomic E-state index is 12.4. The number of rotatable bonds is 4. The molecule has 0 aliphatic heterocycles. The van der Waals surface area contributed by atoms with Crippen LogP contribution < -0.4 is 5.73 Å². The summed E-state index contributed by atoms with van der Waals surface area (Å²) in [6, 6.07) is 14.0. The normalized spacial score (nSPS) is 12.4. The highest BCUT2D eigenvalue weighted by Gasteiger charge is 2.07. The van der Waals surface area contributed by atoms with Crippen LogP contribution in [0.15, 0.2) is 47.4 Å². The molecule has 3 heteroatoms. The minimum Gasteiger partial charge on any atom is -0.326 e. The highest BCUT2D eigenvalue weighted by molar-refractivity contribution is 7.84. The van der Waals surface area contributed by atoms with Crippen molar-refractivity contribution in [2.45, 2.75) is 31.0 Å². The van der Waals surface area contributed by atoms with Gasteiger partial charge in [0, 0.05) is 11.4 Å². The maximum absolute atomic E-state index is 12.4. The molecule has 0 aliphatic carbocycles. The van der Waals surface area contributed by atoms with Gasteiger partial charge >= 0.3 is 0 Å². The van der Waals surface area contributed by atoms with Crippen LogP contribution in [0.5, 0.6) is 0 Å². The summed E-state index contributed by atoms with van der Waals surface area (Å²) in [6.45, 7) is 4.60. The summed E-state index contributed by atoms with van der Waals surface area (Å²) in [6.07, 6.45) is 0. The van der Waals surface area contributed by atoms with E-state index in [1.807, 2.05) is 50.2 Å². The summed E-state index contributed by atoms with van der Waals surface area (Å²) >= 11 is 0. The predicted octanol–water partition coefficient (Wildman–Crippen LogP) is 3.07. The molecule has 1 atom stereocenters. The van der Waals surface area contributed by atoms with E-state index < -0.39 is 10.8 Å².